The van der Waals surface area contributed by atoms with Crippen LogP contribution in [0.5, 0.6) is 0 Å². The first-order chi connectivity index (χ1) is 13.1. The molecule has 1 aromatic heterocycles. The number of pyridine rings is 1. The SMILES string of the molecule is C=C(/C=C\C(F)=C/CC)CSc1ccccc1C(=C)NCc1cccnc1. The lowest BCUT2D eigenvalue weighted by Crippen LogP contribution is -2.11. The Morgan fingerprint density at radius 1 is 1.19 bits per heavy atom. The highest BCUT2D eigenvalue weighted by molar-refractivity contribution is 7.99. The summed E-state index contributed by atoms with van der Waals surface area (Å²) in [4.78, 5) is 5.23. The number of thioether (sulfide) groups is 1. The van der Waals surface area contributed by atoms with E-state index in [9.17, 15) is 4.39 Å². The summed E-state index contributed by atoms with van der Waals surface area (Å²) in [7, 11) is 0. The molecular weight excluding hydrogens is 355 g/mol. The van der Waals surface area contributed by atoms with E-state index in [2.05, 4.69) is 29.5 Å². The van der Waals surface area contributed by atoms with Crippen molar-refractivity contribution in [3.05, 3.63) is 103 Å². The summed E-state index contributed by atoms with van der Waals surface area (Å²) < 4.78 is 13.4. The van der Waals surface area contributed by atoms with E-state index in [1.807, 2.05) is 43.5 Å². The average molecular weight is 381 g/mol. The summed E-state index contributed by atoms with van der Waals surface area (Å²) in [6.07, 6.45) is 9.02. The van der Waals surface area contributed by atoms with Crippen LogP contribution < -0.4 is 5.32 Å². The monoisotopic (exact) mass is 380 g/mol. The zero-order chi connectivity index (χ0) is 19.5. The van der Waals surface area contributed by atoms with Crippen molar-refractivity contribution in [3.63, 3.8) is 0 Å². The maximum absolute atomic E-state index is 13.4. The van der Waals surface area contributed by atoms with Crippen LogP contribution in [-0.4, -0.2) is 10.7 Å². The van der Waals surface area contributed by atoms with E-state index < -0.39 is 0 Å². The van der Waals surface area contributed by atoms with Gasteiger partial charge in [-0.3, -0.25) is 4.98 Å². The zero-order valence-corrected chi connectivity index (χ0v) is 16.4. The Kier molecular flexibility index (Phi) is 8.59. The molecule has 140 valence electrons. The van der Waals surface area contributed by atoms with Crippen LogP contribution in [0.3, 0.4) is 0 Å². The van der Waals surface area contributed by atoms with Crippen LogP contribution in [0.25, 0.3) is 5.70 Å². The van der Waals surface area contributed by atoms with Crippen LogP contribution in [0.15, 0.2) is 96.5 Å². The predicted octanol–water partition coefficient (Wildman–Crippen LogP) is 6.31. The molecule has 0 aliphatic rings. The van der Waals surface area contributed by atoms with Gasteiger partial charge in [-0.05, 0) is 41.8 Å². The highest BCUT2D eigenvalue weighted by Gasteiger charge is 2.06. The van der Waals surface area contributed by atoms with Gasteiger partial charge in [0.15, 0.2) is 0 Å². The van der Waals surface area contributed by atoms with Crippen molar-refractivity contribution in [2.45, 2.75) is 24.8 Å². The smallest absolute Gasteiger partial charge is 0.119 e. The van der Waals surface area contributed by atoms with Gasteiger partial charge in [-0.25, -0.2) is 4.39 Å². The number of halogens is 1. The Hall–Kier alpha value is -2.59. The van der Waals surface area contributed by atoms with Gasteiger partial charge < -0.3 is 5.32 Å². The summed E-state index contributed by atoms with van der Waals surface area (Å²) >= 11 is 1.66. The standard InChI is InChI=1S/C23H25FN2S/c1-4-8-21(24)13-12-18(2)17-27-23-11-6-5-10-22(23)19(3)26-16-20-9-7-14-25-15-20/h5-15,26H,2-4,16-17H2,1H3/b13-12-,21-8+. The third kappa shape index (κ3) is 7.27. The molecule has 1 heterocycles. The zero-order valence-electron chi connectivity index (χ0n) is 15.6. The summed E-state index contributed by atoms with van der Waals surface area (Å²) in [5.74, 6) is 0.458. The number of benzene rings is 1. The van der Waals surface area contributed by atoms with Gasteiger partial charge in [0.2, 0.25) is 0 Å². The second kappa shape index (κ2) is 11.2. The minimum atomic E-state index is -0.225. The maximum atomic E-state index is 13.4. The second-order valence-electron chi connectivity index (χ2n) is 5.97. The van der Waals surface area contributed by atoms with E-state index in [1.54, 1.807) is 30.1 Å². The van der Waals surface area contributed by atoms with E-state index in [-0.39, 0.29) is 5.83 Å². The molecule has 4 heteroatoms. The molecule has 2 aromatic rings. The lowest BCUT2D eigenvalue weighted by Gasteiger charge is -2.14. The van der Waals surface area contributed by atoms with Crippen molar-refractivity contribution < 1.29 is 4.39 Å². The molecule has 2 nitrogen and oxygen atoms in total. The van der Waals surface area contributed by atoms with Crippen LogP contribution in [-0.2, 0) is 6.54 Å². The summed E-state index contributed by atoms with van der Waals surface area (Å²) in [6.45, 7) is 10.8. The number of hydrogen-bond acceptors (Lipinski definition) is 3. The molecule has 0 aliphatic carbocycles. The first-order valence-corrected chi connectivity index (χ1v) is 9.84. The van der Waals surface area contributed by atoms with E-state index >= 15 is 0 Å². The fourth-order valence-corrected chi connectivity index (χ4v) is 3.29. The molecule has 1 aromatic carbocycles. The molecule has 0 radical (unpaired) electrons. The quantitative estimate of drug-likeness (QED) is 0.386. The van der Waals surface area contributed by atoms with Crippen molar-refractivity contribution in [2.24, 2.45) is 0 Å². The topological polar surface area (TPSA) is 24.9 Å². The fraction of sp³-hybridized carbons (Fsp3) is 0.174. The van der Waals surface area contributed by atoms with Crippen LogP contribution in [0.1, 0.15) is 24.5 Å². The third-order valence-corrected chi connectivity index (χ3v) is 4.91. The predicted molar refractivity (Wildman–Crippen MR) is 115 cm³/mol. The van der Waals surface area contributed by atoms with Crippen LogP contribution in [0.2, 0.25) is 0 Å². The summed E-state index contributed by atoms with van der Waals surface area (Å²) in [5, 5.41) is 3.36. The first-order valence-electron chi connectivity index (χ1n) is 8.85. The minimum Gasteiger partial charge on any atom is -0.381 e. The Morgan fingerprint density at radius 3 is 2.74 bits per heavy atom. The van der Waals surface area contributed by atoms with Gasteiger partial charge >= 0.3 is 0 Å². The first kappa shape index (κ1) is 20.7. The Balaban J connectivity index is 1.95. The fourth-order valence-electron chi connectivity index (χ4n) is 2.33. The van der Waals surface area contributed by atoms with E-state index in [1.165, 1.54) is 6.08 Å². The molecule has 0 bridgehead atoms. The van der Waals surface area contributed by atoms with E-state index in [0.29, 0.717) is 18.7 Å². The van der Waals surface area contributed by atoms with Crippen molar-refractivity contribution >= 4 is 17.5 Å². The molecule has 0 saturated carbocycles. The lowest BCUT2D eigenvalue weighted by atomic mass is 10.1. The highest BCUT2D eigenvalue weighted by atomic mass is 32.2. The number of nitrogens with zero attached hydrogens (tertiary/aromatic N) is 1. The molecule has 0 atom stereocenters. The normalized spacial score (nSPS) is 11.6. The summed E-state index contributed by atoms with van der Waals surface area (Å²) in [6, 6.07) is 12.0. The van der Waals surface area contributed by atoms with Gasteiger partial charge in [0.1, 0.15) is 5.83 Å². The minimum absolute atomic E-state index is 0.225. The van der Waals surface area contributed by atoms with Gasteiger partial charge in [0, 0.05) is 40.8 Å². The van der Waals surface area contributed by atoms with Crippen LogP contribution in [0.4, 0.5) is 4.39 Å². The molecular formula is C23H25FN2S. The number of allylic oxidation sites excluding steroid dienone is 4. The largest absolute Gasteiger partial charge is 0.381 e. The summed E-state index contributed by atoms with van der Waals surface area (Å²) in [5.41, 5.74) is 3.88. The molecule has 0 aliphatic heterocycles. The molecule has 0 spiro atoms. The number of aromatic nitrogens is 1. The van der Waals surface area contributed by atoms with E-state index in [4.69, 9.17) is 0 Å². The Morgan fingerprint density at radius 2 is 2.00 bits per heavy atom. The van der Waals surface area contributed by atoms with Crippen LogP contribution in [0, 0.1) is 0 Å². The average Bonchev–Trinajstić information content (AvgIpc) is 2.70. The molecule has 0 unspecified atom stereocenters. The number of rotatable bonds is 10. The van der Waals surface area contributed by atoms with Gasteiger partial charge in [0.05, 0.1) is 0 Å². The molecule has 2 rings (SSSR count). The maximum Gasteiger partial charge on any atom is 0.119 e. The Labute approximate surface area is 165 Å². The van der Waals surface area contributed by atoms with Crippen molar-refractivity contribution in [1.82, 2.24) is 10.3 Å². The third-order valence-electron chi connectivity index (χ3n) is 3.73. The van der Waals surface area contributed by atoms with Crippen molar-refractivity contribution in [2.75, 3.05) is 5.75 Å². The molecule has 0 fully saturated rings. The van der Waals surface area contributed by atoms with Gasteiger partial charge in [-0.2, -0.15) is 0 Å². The lowest BCUT2D eigenvalue weighted by molar-refractivity contribution is 0.661. The van der Waals surface area contributed by atoms with Gasteiger partial charge in [-0.1, -0.05) is 50.4 Å². The highest BCUT2D eigenvalue weighted by Crippen LogP contribution is 2.28. The van der Waals surface area contributed by atoms with Gasteiger partial charge in [0.25, 0.3) is 0 Å². The van der Waals surface area contributed by atoms with Gasteiger partial charge in [-0.15, -0.1) is 11.8 Å². The van der Waals surface area contributed by atoms with Crippen molar-refractivity contribution in [3.8, 4) is 0 Å². The number of nitrogens with one attached hydrogen (secondary N) is 1. The number of hydrogen-bond donors (Lipinski definition) is 1. The molecule has 1 N–H and O–H groups in total. The molecule has 27 heavy (non-hydrogen) atoms. The molecule has 0 amide bonds. The second-order valence-corrected chi connectivity index (χ2v) is 6.98. The Bertz CT molecular complexity index is 825. The molecule has 0 saturated heterocycles. The van der Waals surface area contributed by atoms with E-state index in [0.717, 1.165) is 27.3 Å². The van der Waals surface area contributed by atoms with Crippen molar-refractivity contribution in [1.29, 1.82) is 0 Å². The van der Waals surface area contributed by atoms with Crippen LogP contribution >= 0.6 is 11.8 Å².